The Bertz CT molecular complexity index is 628. The van der Waals surface area contributed by atoms with Gasteiger partial charge in [-0.05, 0) is 12.1 Å². The van der Waals surface area contributed by atoms with Crippen LogP contribution in [0.2, 0.25) is 0 Å². The minimum absolute atomic E-state index is 0.0199. The minimum atomic E-state index is -0.388. The molecule has 18 heavy (non-hydrogen) atoms. The van der Waals surface area contributed by atoms with Gasteiger partial charge in [0.2, 0.25) is 0 Å². The number of benzene rings is 1. The van der Waals surface area contributed by atoms with E-state index in [1.807, 2.05) is 6.07 Å². The van der Waals surface area contributed by atoms with Gasteiger partial charge in [0.25, 0.3) is 5.56 Å². The fourth-order valence-electron chi connectivity index (χ4n) is 2.07. The van der Waals surface area contributed by atoms with Crippen LogP contribution in [-0.4, -0.2) is 39.9 Å². The quantitative estimate of drug-likeness (QED) is 0.812. The van der Waals surface area contributed by atoms with Crippen molar-refractivity contribution in [1.82, 2.24) is 15.0 Å². The topological polar surface area (TPSA) is 77.2 Å². The predicted molar refractivity (Wildman–Crippen MR) is 64.1 cm³/mol. The van der Waals surface area contributed by atoms with Crippen LogP contribution in [0.25, 0.3) is 10.9 Å². The molecule has 0 aliphatic carbocycles. The molecule has 1 aromatic heterocycles. The number of ether oxygens (including phenoxy) is 1. The van der Waals surface area contributed by atoms with Crippen LogP contribution < -0.4 is 5.56 Å². The summed E-state index contributed by atoms with van der Waals surface area (Å²) in [6, 6.07) is 7.09. The van der Waals surface area contributed by atoms with Gasteiger partial charge in [0.05, 0.1) is 37.2 Å². The molecular formula is C12H13N3O3. The first kappa shape index (κ1) is 11.3. The van der Waals surface area contributed by atoms with Gasteiger partial charge in [-0.2, -0.15) is 0 Å². The molecule has 1 N–H and O–H groups in total. The summed E-state index contributed by atoms with van der Waals surface area (Å²) in [6.07, 6.45) is 0. The Hall–Kier alpha value is -1.79. The highest BCUT2D eigenvalue weighted by atomic mass is 16.5. The number of hydrogen-bond acceptors (Lipinski definition) is 5. The van der Waals surface area contributed by atoms with Gasteiger partial charge in [0.1, 0.15) is 5.52 Å². The zero-order chi connectivity index (χ0) is 12.6. The smallest absolute Gasteiger partial charge is 0.277 e. The van der Waals surface area contributed by atoms with Crippen molar-refractivity contribution in [3.8, 4) is 0 Å². The molecule has 1 fully saturated rings. The summed E-state index contributed by atoms with van der Waals surface area (Å²) >= 11 is 0. The molecule has 1 saturated heterocycles. The van der Waals surface area contributed by atoms with Crippen molar-refractivity contribution in [2.75, 3.05) is 19.8 Å². The van der Waals surface area contributed by atoms with Gasteiger partial charge in [0, 0.05) is 0 Å². The molecule has 6 nitrogen and oxygen atoms in total. The Labute approximate surface area is 103 Å². The first-order chi connectivity index (χ1) is 8.74. The van der Waals surface area contributed by atoms with Crippen molar-refractivity contribution in [2.45, 2.75) is 6.54 Å². The van der Waals surface area contributed by atoms with E-state index < -0.39 is 0 Å². The van der Waals surface area contributed by atoms with Crippen LogP contribution in [0.1, 0.15) is 0 Å². The molecule has 0 saturated carbocycles. The van der Waals surface area contributed by atoms with Crippen molar-refractivity contribution in [1.29, 1.82) is 0 Å². The normalized spacial score (nSPS) is 17.6. The molecule has 0 radical (unpaired) electrons. The first-order valence-corrected chi connectivity index (χ1v) is 5.75. The Kier molecular flexibility index (Phi) is 2.61. The Morgan fingerprint density at radius 1 is 1.39 bits per heavy atom. The van der Waals surface area contributed by atoms with Gasteiger partial charge < -0.3 is 9.84 Å². The van der Waals surface area contributed by atoms with E-state index in [4.69, 9.17) is 4.74 Å². The second-order valence-electron chi connectivity index (χ2n) is 4.72. The molecule has 0 amide bonds. The summed E-state index contributed by atoms with van der Waals surface area (Å²) < 4.78 is 6.41. The number of aliphatic hydroxyl groups excluding tert-OH is 1. The highest BCUT2D eigenvalue weighted by Crippen LogP contribution is 2.27. The lowest BCUT2D eigenvalue weighted by Crippen LogP contribution is -2.50. The van der Waals surface area contributed by atoms with Crippen molar-refractivity contribution >= 4 is 10.9 Å². The van der Waals surface area contributed by atoms with E-state index in [2.05, 4.69) is 10.3 Å². The van der Waals surface area contributed by atoms with Crippen LogP contribution in [0.3, 0.4) is 0 Å². The maximum absolute atomic E-state index is 12.2. The zero-order valence-electron chi connectivity index (χ0n) is 9.74. The third kappa shape index (κ3) is 1.70. The molecular weight excluding hydrogens is 234 g/mol. The number of fused-ring (bicyclic) bond motifs is 1. The van der Waals surface area contributed by atoms with Crippen LogP contribution in [0.5, 0.6) is 0 Å². The number of aromatic nitrogens is 3. The van der Waals surface area contributed by atoms with E-state index in [9.17, 15) is 9.90 Å². The molecule has 0 atom stereocenters. The number of hydrogen-bond donors (Lipinski definition) is 1. The summed E-state index contributed by atoms with van der Waals surface area (Å²) in [5.41, 5.74) is 0.0167. The van der Waals surface area contributed by atoms with Gasteiger partial charge in [-0.3, -0.25) is 4.79 Å². The van der Waals surface area contributed by atoms with Crippen LogP contribution in [0.15, 0.2) is 29.1 Å². The van der Waals surface area contributed by atoms with Gasteiger partial charge in [-0.25, -0.2) is 4.68 Å². The monoisotopic (exact) mass is 247 g/mol. The summed E-state index contributed by atoms with van der Waals surface area (Å²) in [7, 11) is 0. The molecule has 0 spiro atoms. The van der Waals surface area contributed by atoms with Gasteiger partial charge in [0.15, 0.2) is 0 Å². The minimum Gasteiger partial charge on any atom is -0.396 e. The van der Waals surface area contributed by atoms with Crippen molar-refractivity contribution in [2.24, 2.45) is 5.41 Å². The van der Waals surface area contributed by atoms with Crippen molar-refractivity contribution in [3.63, 3.8) is 0 Å². The highest BCUT2D eigenvalue weighted by molar-refractivity contribution is 5.76. The maximum Gasteiger partial charge on any atom is 0.277 e. The summed E-state index contributed by atoms with van der Waals surface area (Å²) in [6.45, 7) is 1.21. The SMILES string of the molecule is O=c1c2ccccc2nnn1CC1(CO)COC1. The first-order valence-electron chi connectivity index (χ1n) is 5.75. The highest BCUT2D eigenvalue weighted by Gasteiger charge is 2.39. The molecule has 2 aromatic rings. The molecule has 0 bridgehead atoms. The Morgan fingerprint density at radius 2 is 2.17 bits per heavy atom. The summed E-state index contributed by atoms with van der Waals surface area (Å²) in [5, 5.41) is 17.8. The van der Waals surface area contributed by atoms with Gasteiger partial charge in [-0.15, -0.1) is 5.10 Å². The van der Waals surface area contributed by atoms with E-state index in [0.29, 0.717) is 30.7 Å². The van der Waals surface area contributed by atoms with Crippen molar-refractivity contribution in [3.05, 3.63) is 34.6 Å². The summed E-state index contributed by atoms with van der Waals surface area (Å²) in [4.78, 5) is 12.2. The Balaban J connectivity index is 2.03. The van der Waals surface area contributed by atoms with E-state index >= 15 is 0 Å². The molecule has 2 heterocycles. The van der Waals surface area contributed by atoms with E-state index in [1.54, 1.807) is 18.2 Å². The van der Waals surface area contributed by atoms with Crippen LogP contribution in [0.4, 0.5) is 0 Å². The van der Waals surface area contributed by atoms with E-state index in [0.717, 1.165) is 0 Å². The van der Waals surface area contributed by atoms with E-state index in [1.165, 1.54) is 4.68 Å². The predicted octanol–water partition coefficient (Wildman–Crippen LogP) is -0.200. The average Bonchev–Trinajstić information content (AvgIpc) is 2.37. The van der Waals surface area contributed by atoms with Gasteiger partial charge >= 0.3 is 0 Å². The third-order valence-electron chi connectivity index (χ3n) is 3.27. The van der Waals surface area contributed by atoms with Gasteiger partial charge in [-0.1, -0.05) is 17.3 Å². The van der Waals surface area contributed by atoms with Crippen LogP contribution >= 0.6 is 0 Å². The van der Waals surface area contributed by atoms with E-state index in [-0.39, 0.29) is 17.6 Å². The standard InChI is InChI=1S/C12H13N3O3/c16-6-12(7-18-8-12)5-15-11(17)9-3-1-2-4-10(9)13-14-15/h1-4,16H,5-8H2. The molecule has 0 unspecified atom stereocenters. The molecule has 6 heteroatoms. The Morgan fingerprint density at radius 3 is 2.83 bits per heavy atom. The van der Waals surface area contributed by atoms with Crippen LogP contribution in [-0.2, 0) is 11.3 Å². The fourth-order valence-corrected chi connectivity index (χ4v) is 2.07. The lowest BCUT2D eigenvalue weighted by Gasteiger charge is -2.39. The lowest BCUT2D eigenvalue weighted by molar-refractivity contribution is -0.146. The number of aliphatic hydroxyl groups is 1. The lowest BCUT2D eigenvalue weighted by atomic mass is 9.87. The van der Waals surface area contributed by atoms with Crippen molar-refractivity contribution < 1.29 is 9.84 Å². The summed E-state index contributed by atoms with van der Waals surface area (Å²) in [5.74, 6) is 0. The fraction of sp³-hybridized carbons (Fsp3) is 0.417. The molecule has 1 aliphatic rings. The third-order valence-corrected chi connectivity index (χ3v) is 3.27. The van der Waals surface area contributed by atoms with Crippen LogP contribution in [0, 0.1) is 5.41 Å². The second-order valence-corrected chi connectivity index (χ2v) is 4.72. The second kappa shape index (κ2) is 4.15. The zero-order valence-corrected chi connectivity index (χ0v) is 9.74. The molecule has 1 aliphatic heterocycles. The molecule has 3 rings (SSSR count). The largest absolute Gasteiger partial charge is 0.396 e. The molecule has 94 valence electrons. The maximum atomic E-state index is 12.2. The number of rotatable bonds is 3. The molecule has 1 aromatic carbocycles. The number of nitrogens with zero attached hydrogens (tertiary/aromatic N) is 3. The average molecular weight is 247 g/mol.